The lowest BCUT2D eigenvalue weighted by molar-refractivity contribution is -0.116. The molecule has 7 nitrogen and oxygen atoms in total. The van der Waals surface area contributed by atoms with Crippen molar-refractivity contribution in [2.75, 3.05) is 31.6 Å². The third-order valence-electron chi connectivity index (χ3n) is 4.56. The molecule has 0 aliphatic carbocycles. The van der Waals surface area contributed by atoms with Gasteiger partial charge in [-0.2, -0.15) is 5.10 Å². The Morgan fingerprint density at radius 2 is 1.89 bits per heavy atom. The van der Waals surface area contributed by atoms with Crippen LogP contribution in [0.5, 0.6) is 0 Å². The Bertz CT molecular complexity index is 1030. The monoisotopic (exact) mass is 398 g/mol. The first-order valence-corrected chi connectivity index (χ1v) is 9.37. The summed E-state index contributed by atoms with van der Waals surface area (Å²) in [6, 6.07) is 14.4. The van der Waals surface area contributed by atoms with Crippen LogP contribution < -0.4 is 5.32 Å². The van der Waals surface area contributed by atoms with Crippen LogP contribution in [0.4, 0.5) is 5.69 Å². The number of hydrogen-bond acceptors (Lipinski definition) is 4. The van der Waals surface area contributed by atoms with Gasteiger partial charge in [-0.25, -0.2) is 0 Å². The van der Waals surface area contributed by atoms with Gasteiger partial charge in [0, 0.05) is 29.2 Å². The van der Waals surface area contributed by atoms with E-state index in [0.717, 1.165) is 10.9 Å². The van der Waals surface area contributed by atoms with Gasteiger partial charge in [-0.15, -0.1) is 0 Å². The number of fused-ring (bicyclic) bond motifs is 1. The highest BCUT2D eigenvalue weighted by Crippen LogP contribution is 2.21. The van der Waals surface area contributed by atoms with Crippen molar-refractivity contribution >= 4 is 40.0 Å². The Morgan fingerprint density at radius 3 is 2.68 bits per heavy atom. The molecule has 0 radical (unpaired) electrons. The van der Waals surface area contributed by atoms with Crippen LogP contribution in [-0.2, 0) is 16.1 Å². The fourth-order valence-electron chi connectivity index (χ4n) is 3.22. The van der Waals surface area contributed by atoms with Crippen molar-refractivity contribution in [3.8, 4) is 0 Å². The van der Waals surface area contributed by atoms with Crippen LogP contribution in [0.2, 0.25) is 5.02 Å². The summed E-state index contributed by atoms with van der Waals surface area (Å²) in [5, 5.41) is 8.54. The van der Waals surface area contributed by atoms with E-state index in [2.05, 4.69) is 10.4 Å². The molecule has 2 amide bonds. The normalized spacial score (nSPS) is 14.2. The van der Waals surface area contributed by atoms with E-state index >= 15 is 0 Å². The summed E-state index contributed by atoms with van der Waals surface area (Å²) in [5.41, 5.74) is 1.70. The molecular weight excluding hydrogens is 380 g/mol. The smallest absolute Gasteiger partial charge is 0.275 e. The molecule has 0 saturated carbocycles. The topological polar surface area (TPSA) is 76.5 Å². The molecule has 144 valence electrons. The summed E-state index contributed by atoms with van der Waals surface area (Å²) in [6.45, 7) is 2.10. The van der Waals surface area contributed by atoms with Crippen LogP contribution in [0.25, 0.3) is 10.9 Å². The van der Waals surface area contributed by atoms with E-state index in [1.165, 1.54) is 0 Å². The van der Waals surface area contributed by atoms with Crippen molar-refractivity contribution in [1.82, 2.24) is 14.7 Å². The number of halogens is 1. The van der Waals surface area contributed by atoms with Crippen molar-refractivity contribution in [2.45, 2.75) is 6.54 Å². The summed E-state index contributed by atoms with van der Waals surface area (Å²) >= 11 is 5.96. The predicted molar refractivity (Wildman–Crippen MR) is 107 cm³/mol. The second-order valence-corrected chi connectivity index (χ2v) is 6.92. The van der Waals surface area contributed by atoms with Gasteiger partial charge in [-0.05, 0) is 24.3 Å². The number of hydrogen-bond donors (Lipinski definition) is 1. The van der Waals surface area contributed by atoms with Gasteiger partial charge in [0.05, 0.1) is 18.7 Å². The molecular formula is C20H19ClN4O3. The van der Waals surface area contributed by atoms with Crippen LogP contribution in [0.1, 0.15) is 10.5 Å². The Hall–Kier alpha value is -2.90. The molecule has 1 aliphatic rings. The molecule has 0 unspecified atom stereocenters. The number of anilines is 1. The summed E-state index contributed by atoms with van der Waals surface area (Å²) in [4.78, 5) is 27.1. The number of carbonyl (C=O) groups excluding carboxylic acids is 2. The molecule has 0 bridgehead atoms. The molecule has 1 saturated heterocycles. The first-order valence-electron chi connectivity index (χ1n) is 9.00. The molecule has 1 aromatic heterocycles. The number of ether oxygens (including phenoxy) is 1. The maximum atomic E-state index is 12.9. The maximum absolute atomic E-state index is 12.9. The molecule has 1 N–H and O–H groups in total. The third kappa shape index (κ3) is 3.85. The zero-order valence-corrected chi connectivity index (χ0v) is 15.9. The summed E-state index contributed by atoms with van der Waals surface area (Å²) in [5.74, 6) is -0.394. The fourth-order valence-corrected chi connectivity index (χ4v) is 3.42. The minimum absolute atomic E-state index is 0.0105. The van der Waals surface area contributed by atoms with Crippen molar-refractivity contribution in [3.63, 3.8) is 0 Å². The summed E-state index contributed by atoms with van der Waals surface area (Å²) in [6.07, 6.45) is 0. The lowest BCUT2D eigenvalue weighted by Crippen LogP contribution is -2.41. The molecule has 8 heteroatoms. The third-order valence-corrected chi connectivity index (χ3v) is 4.80. The highest BCUT2D eigenvalue weighted by molar-refractivity contribution is 6.30. The molecule has 3 aromatic rings. The van der Waals surface area contributed by atoms with Crippen molar-refractivity contribution in [1.29, 1.82) is 0 Å². The number of aromatic nitrogens is 2. The first-order chi connectivity index (χ1) is 13.6. The van der Waals surface area contributed by atoms with Crippen LogP contribution in [0.3, 0.4) is 0 Å². The second kappa shape index (κ2) is 8.00. The molecule has 2 aromatic carbocycles. The van der Waals surface area contributed by atoms with E-state index in [-0.39, 0.29) is 18.4 Å². The summed E-state index contributed by atoms with van der Waals surface area (Å²) in [7, 11) is 0. The number of rotatable bonds is 4. The van der Waals surface area contributed by atoms with Gasteiger partial charge in [-0.3, -0.25) is 14.3 Å². The lowest BCUT2D eigenvalue weighted by atomic mass is 10.2. The van der Waals surface area contributed by atoms with E-state index < -0.39 is 0 Å². The lowest BCUT2D eigenvalue weighted by Gasteiger charge is -2.26. The molecule has 1 fully saturated rings. The summed E-state index contributed by atoms with van der Waals surface area (Å²) < 4.78 is 6.87. The van der Waals surface area contributed by atoms with E-state index in [9.17, 15) is 9.59 Å². The SMILES string of the molecule is O=C(Cn1nc(C(=O)N2CCOCC2)c2ccccc21)Nc1cccc(Cl)c1. The maximum Gasteiger partial charge on any atom is 0.275 e. The molecule has 0 spiro atoms. The number of nitrogens with one attached hydrogen (secondary N) is 1. The number of benzene rings is 2. The molecule has 2 heterocycles. The Labute approximate surface area is 166 Å². The van der Waals surface area contributed by atoms with Crippen molar-refractivity contribution in [2.24, 2.45) is 0 Å². The number of para-hydroxylation sites is 1. The second-order valence-electron chi connectivity index (χ2n) is 6.49. The standard InChI is InChI=1S/C20H19ClN4O3/c21-14-4-3-5-15(12-14)22-18(26)13-25-17-7-2-1-6-16(17)19(23-25)20(27)24-8-10-28-11-9-24/h1-7,12H,8-11,13H2,(H,22,26). The van der Waals surface area contributed by atoms with Crippen LogP contribution in [0.15, 0.2) is 48.5 Å². The number of carbonyl (C=O) groups is 2. The molecule has 1 aliphatic heterocycles. The van der Waals surface area contributed by atoms with Crippen LogP contribution in [0, 0.1) is 0 Å². The van der Waals surface area contributed by atoms with Crippen LogP contribution in [-0.4, -0.2) is 52.8 Å². The Morgan fingerprint density at radius 1 is 1.11 bits per heavy atom. The number of morpholine rings is 1. The minimum atomic E-state index is -0.249. The van der Waals surface area contributed by atoms with Gasteiger partial charge in [0.1, 0.15) is 6.54 Å². The van der Waals surface area contributed by atoms with Crippen LogP contribution >= 0.6 is 11.6 Å². The predicted octanol–water partition coefficient (Wildman–Crippen LogP) is 2.80. The average Bonchev–Trinajstić information content (AvgIpc) is 3.06. The highest BCUT2D eigenvalue weighted by Gasteiger charge is 2.24. The van der Waals surface area contributed by atoms with Gasteiger partial charge in [0.15, 0.2) is 5.69 Å². The first kappa shape index (κ1) is 18.5. The average molecular weight is 399 g/mol. The van der Waals surface area contributed by atoms with Gasteiger partial charge < -0.3 is 15.0 Å². The molecule has 0 atom stereocenters. The zero-order valence-electron chi connectivity index (χ0n) is 15.1. The zero-order chi connectivity index (χ0) is 19.5. The number of nitrogens with zero attached hydrogens (tertiary/aromatic N) is 3. The Kier molecular flexibility index (Phi) is 5.27. The van der Waals surface area contributed by atoms with Crippen molar-refractivity contribution < 1.29 is 14.3 Å². The Balaban J connectivity index is 1.59. The molecule has 4 rings (SSSR count). The quantitative estimate of drug-likeness (QED) is 0.733. The number of amides is 2. The van der Waals surface area contributed by atoms with E-state index in [1.807, 2.05) is 24.3 Å². The van der Waals surface area contributed by atoms with Gasteiger partial charge in [0.2, 0.25) is 5.91 Å². The largest absolute Gasteiger partial charge is 0.378 e. The fraction of sp³-hybridized carbons (Fsp3) is 0.250. The van der Waals surface area contributed by atoms with Gasteiger partial charge in [-0.1, -0.05) is 35.9 Å². The van der Waals surface area contributed by atoms with E-state index in [4.69, 9.17) is 16.3 Å². The van der Waals surface area contributed by atoms with Gasteiger partial charge >= 0.3 is 0 Å². The minimum Gasteiger partial charge on any atom is -0.378 e. The van der Waals surface area contributed by atoms with E-state index in [0.29, 0.717) is 42.7 Å². The van der Waals surface area contributed by atoms with E-state index in [1.54, 1.807) is 33.8 Å². The highest BCUT2D eigenvalue weighted by atomic mass is 35.5. The van der Waals surface area contributed by atoms with Gasteiger partial charge in [0.25, 0.3) is 5.91 Å². The molecule has 28 heavy (non-hydrogen) atoms. The van der Waals surface area contributed by atoms with Crippen molar-refractivity contribution in [3.05, 3.63) is 59.2 Å².